The molecule has 0 saturated heterocycles. The summed E-state index contributed by atoms with van der Waals surface area (Å²) in [6.45, 7) is 2.19. The van der Waals surface area contributed by atoms with Crippen LogP contribution in [0, 0.1) is 5.82 Å². The molecular weight excluding hydrogens is 275 g/mol. The lowest BCUT2D eigenvalue weighted by Gasteiger charge is -2.02. The zero-order chi connectivity index (χ0) is 13.8. The van der Waals surface area contributed by atoms with E-state index in [1.54, 1.807) is 6.92 Å². The molecule has 1 amide bonds. The summed E-state index contributed by atoms with van der Waals surface area (Å²) in [5, 5.41) is 8.57. The molecule has 0 bridgehead atoms. The van der Waals surface area contributed by atoms with Crippen LogP contribution in [0.15, 0.2) is 18.2 Å². The normalized spacial score (nSPS) is 10.3. The van der Waals surface area contributed by atoms with Crippen LogP contribution >= 0.6 is 11.6 Å². The fourth-order valence-electron chi connectivity index (χ4n) is 1.31. The van der Waals surface area contributed by atoms with Crippen LogP contribution in [-0.4, -0.2) is 27.7 Å². The highest BCUT2D eigenvalue weighted by Crippen LogP contribution is 2.16. The van der Waals surface area contributed by atoms with Gasteiger partial charge in [-0.15, -0.1) is 5.10 Å². The predicted molar refractivity (Wildman–Crippen MR) is 66.9 cm³/mol. The lowest BCUT2D eigenvalue weighted by Crippen LogP contribution is -2.13. The summed E-state index contributed by atoms with van der Waals surface area (Å²) in [4.78, 5) is 15.7. The van der Waals surface area contributed by atoms with Crippen LogP contribution in [0.3, 0.4) is 0 Å². The van der Waals surface area contributed by atoms with Gasteiger partial charge in [0.25, 0.3) is 5.91 Å². The molecule has 2 N–H and O–H groups in total. The first-order valence-electron chi connectivity index (χ1n) is 5.41. The van der Waals surface area contributed by atoms with E-state index in [-0.39, 0.29) is 22.5 Å². The summed E-state index contributed by atoms with van der Waals surface area (Å²) in [5.41, 5.74) is 0.122. The number of nitrogens with zero attached hydrogens (tertiary/aromatic N) is 2. The van der Waals surface area contributed by atoms with Crippen LogP contribution < -0.4 is 10.1 Å². The highest BCUT2D eigenvalue weighted by atomic mass is 35.5. The number of hydrogen-bond donors (Lipinski definition) is 2. The Morgan fingerprint density at radius 1 is 1.58 bits per heavy atom. The number of carbonyl (C=O) groups is 1. The van der Waals surface area contributed by atoms with Gasteiger partial charge >= 0.3 is 6.01 Å². The average molecular weight is 285 g/mol. The monoisotopic (exact) mass is 284 g/mol. The van der Waals surface area contributed by atoms with Gasteiger partial charge in [-0.2, -0.15) is 4.98 Å². The van der Waals surface area contributed by atoms with Crippen LogP contribution in [0.5, 0.6) is 6.01 Å². The van der Waals surface area contributed by atoms with Crippen molar-refractivity contribution in [2.75, 3.05) is 11.9 Å². The average Bonchev–Trinajstić information content (AvgIpc) is 2.80. The van der Waals surface area contributed by atoms with Crippen molar-refractivity contribution in [2.24, 2.45) is 0 Å². The number of hydrogen-bond acceptors (Lipinski definition) is 4. The molecule has 0 atom stereocenters. The molecule has 1 aromatic carbocycles. The van der Waals surface area contributed by atoms with Crippen molar-refractivity contribution in [2.45, 2.75) is 6.92 Å². The summed E-state index contributed by atoms with van der Waals surface area (Å²) in [6.07, 6.45) is 0. The maximum absolute atomic E-state index is 13.2. The highest BCUT2D eigenvalue weighted by molar-refractivity contribution is 6.30. The van der Waals surface area contributed by atoms with Gasteiger partial charge in [0.05, 0.1) is 11.6 Å². The second-order valence-corrected chi connectivity index (χ2v) is 3.89. The van der Waals surface area contributed by atoms with Crippen molar-refractivity contribution in [1.29, 1.82) is 0 Å². The molecule has 0 fully saturated rings. The number of amides is 1. The van der Waals surface area contributed by atoms with E-state index < -0.39 is 11.7 Å². The lowest BCUT2D eigenvalue weighted by molar-refractivity contribution is 0.102. The molecule has 19 heavy (non-hydrogen) atoms. The number of carbonyl (C=O) groups excluding carboxylic acids is 1. The molecule has 2 rings (SSSR count). The van der Waals surface area contributed by atoms with Crippen molar-refractivity contribution >= 4 is 23.5 Å². The van der Waals surface area contributed by atoms with E-state index in [9.17, 15) is 9.18 Å². The van der Waals surface area contributed by atoms with Crippen LogP contribution in [0.25, 0.3) is 0 Å². The van der Waals surface area contributed by atoms with Crippen molar-refractivity contribution in [1.82, 2.24) is 15.2 Å². The number of ether oxygens (including phenoxy) is 1. The van der Waals surface area contributed by atoms with E-state index in [1.165, 1.54) is 12.1 Å². The van der Waals surface area contributed by atoms with Gasteiger partial charge < -0.3 is 4.74 Å². The van der Waals surface area contributed by atoms with E-state index in [2.05, 4.69) is 20.5 Å². The number of aromatic nitrogens is 3. The van der Waals surface area contributed by atoms with Gasteiger partial charge in [0, 0.05) is 5.56 Å². The maximum Gasteiger partial charge on any atom is 0.337 e. The molecule has 0 aliphatic carbocycles. The molecule has 1 heterocycles. The third-order valence-electron chi connectivity index (χ3n) is 2.15. The number of H-pyrrole nitrogens is 1. The summed E-state index contributed by atoms with van der Waals surface area (Å²) in [7, 11) is 0. The zero-order valence-electron chi connectivity index (χ0n) is 9.91. The smallest absolute Gasteiger partial charge is 0.337 e. The molecule has 0 unspecified atom stereocenters. The summed E-state index contributed by atoms with van der Waals surface area (Å²) in [6, 6.07) is 3.87. The van der Waals surface area contributed by atoms with Crippen LogP contribution in [-0.2, 0) is 0 Å². The number of benzene rings is 1. The van der Waals surface area contributed by atoms with Crippen LogP contribution in [0.1, 0.15) is 17.3 Å². The van der Waals surface area contributed by atoms with Gasteiger partial charge in [-0.3, -0.25) is 10.1 Å². The molecule has 100 valence electrons. The van der Waals surface area contributed by atoms with Gasteiger partial charge in [-0.05, 0) is 25.1 Å². The predicted octanol–water partition coefficient (Wildman–Crippen LogP) is 2.25. The standard InChI is InChI=1S/C11H10ClFN4O2/c1-2-19-11-15-10(16-17-11)14-9(18)6-3-4-7(12)8(13)5-6/h3-5H,2H2,1H3,(H2,14,15,16,17,18). The number of rotatable bonds is 4. The second kappa shape index (κ2) is 5.66. The fourth-order valence-corrected chi connectivity index (χ4v) is 1.43. The molecule has 0 saturated carbocycles. The quantitative estimate of drug-likeness (QED) is 0.902. The first-order valence-corrected chi connectivity index (χ1v) is 5.79. The molecule has 6 nitrogen and oxygen atoms in total. The van der Waals surface area contributed by atoms with E-state index in [1.807, 2.05) is 0 Å². The Morgan fingerprint density at radius 2 is 2.37 bits per heavy atom. The topological polar surface area (TPSA) is 79.9 Å². The Morgan fingerprint density at radius 3 is 3.05 bits per heavy atom. The summed E-state index contributed by atoms with van der Waals surface area (Å²) < 4.78 is 18.2. The molecular formula is C11H10ClFN4O2. The molecule has 8 heteroatoms. The van der Waals surface area contributed by atoms with Crippen molar-refractivity contribution in [3.63, 3.8) is 0 Å². The Labute approximate surface area is 112 Å². The Balaban J connectivity index is 2.09. The molecule has 1 aromatic heterocycles. The van der Waals surface area contributed by atoms with Crippen molar-refractivity contribution < 1.29 is 13.9 Å². The van der Waals surface area contributed by atoms with Crippen molar-refractivity contribution in [3.05, 3.63) is 34.6 Å². The Hall–Kier alpha value is -2.15. The van der Waals surface area contributed by atoms with Gasteiger partial charge in [-0.1, -0.05) is 11.6 Å². The van der Waals surface area contributed by atoms with E-state index in [0.717, 1.165) is 6.07 Å². The minimum Gasteiger partial charge on any atom is -0.463 e. The highest BCUT2D eigenvalue weighted by Gasteiger charge is 2.11. The van der Waals surface area contributed by atoms with Crippen LogP contribution in [0.2, 0.25) is 5.02 Å². The molecule has 2 aromatic rings. The number of nitrogens with one attached hydrogen (secondary N) is 2. The first-order chi connectivity index (χ1) is 9.10. The first kappa shape index (κ1) is 13.3. The van der Waals surface area contributed by atoms with Gasteiger partial charge in [0.15, 0.2) is 0 Å². The molecule has 0 aliphatic heterocycles. The van der Waals surface area contributed by atoms with Gasteiger partial charge in [-0.25, -0.2) is 9.49 Å². The summed E-state index contributed by atoms with van der Waals surface area (Å²) >= 11 is 5.53. The van der Waals surface area contributed by atoms with E-state index >= 15 is 0 Å². The van der Waals surface area contributed by atoms with Gasteiger partial charge in [0.1, 0.15) is 5.82 Å². The third kappa shape index (κ3) is 3.19. The second-order valence-electron chi connectivity index (χ2n) is 3.48. The number of halogens is 2. The minimum absolute atomic E-state index is 0.0464. The Bertz CT molecular complexity index is 602. The van der Waals surface area contributed by atoms with E-state index in [4.69, 9.17) is 16.3 Å². The SMILES string of the molecule is CCOc1n[nH]c(NC(=O)c2ccc(Cl)c(F)c2)n1. The summed E-state index contributed by atoms with van der Waals surface area (Å²) in [5.74, 6) is -1.08. The minimum atomic E-state index is -0.665. The lowest BCUT2D eigenvalue weighted by atomic mass is 10.2. The van der Waals surface area contributed by atoms with Crippen molar-refractivity contribution in [3.8, 4) is 6.01 Å². The van der Waals surface area contributed by atoms with E-state index in [0.29, 0.717) is 6.61 Å². The molecule has 0 aliphatic rings. The number of anilines is 1. The maximum atomic E-state index is 13.2. The largest absolute Gasteiger partial charge is 0.463 e. The number of aromatic amines is 1. The van der Waals surface area contributed by atoms with Gasteiger partial charge in [0.2, 0.25) is 5.95 Å². The zero-order valence-corrected chi connectivity index (χ0v) is 10.7. The van der Waals surface area contributed by atoms with Crippen LogP contribution in [0.4, 0.5) is 10.3 Å². The molecule has 0 radical (unpaired) electrons. The Kier molecular flexibility index (Phi) is 3.96. The fraction of sp³-hybridized carbons (Fsp3) is 0.182. The third-order valence-corrected chi connectivity index (χ3v) is 2.46. The molecule has 0 spiro atoms.